The van der Waals surface area contributed by atoms with Crippen LogP contribution in [0.2, 0.25) is 0 Å². The number of rotatable bonds is 4. The van der Waals surface area contributed by atoms with E-state index in [0.717, 1.165) is 4.90 Å². The SMILES string of the molecule is CNC(=O)CNc1cccc2c1C(=O)N(C1CCC(=O)NC1O)C2=O. The minimum Gasteiger partial charge on any atom is -0.375 e. The molecule has 2 aliphatic heterocycles. The van der Waals surface area contributed by atoms with Crippen LogP contribution in [-0.2, 0) is 9.59 Å². The number of aliphatic hydroxyl groups excluding tert-OH is 1. The average Bonchev–Trinajstić information content (AvgIpc) is 2.85. The van der Waals surface area contributed by atoms with Crippen molar-refractivity contribution >= 4 is 29.3 Å². The molecule has 132 valence electrons. The van der Waals surface area contributed by atoms with E-state index >= 15 is 0 Å². The number of aliphatic hydroxyl groups is 1. The van der Waals surface area contributed by atoms with Gasteiger partial charge >= 0.3 is 0 Å². The molecule has 0 spiro atoms. The number of carbonyl (C=O) groups excluding carboxylic acids is 4. The molecule has 2 heterocycles. The highest BCUT2D eigenvalue weighted by Gasteiger charge is 2.45. The number of fused-ring (bicyclic) bond motifs is 1. The highest BCUT2D eigenvalue weighted by molar-refractivity contribution is 6.24. The summed E-state index contributed by atoms with van der Waals surface area (Å²) in [6.07, 6.45) is -0.984. The Balaban J connectivity index is 1.89. The minimum absolute atomic E-state index is 0.0451. The van der Waals surface area contributed by atoms with Crippen molar-refractivity contribution in [3.05, 3.63) is 29.3 Å². The molecule has 9 heteroatoms. The Labute approximate surface area is 143 Å². The summed E-state index contributed by atoms with van der Waals surface area (Å²) in [5, 5.41) is 17.7. The van der Waals surface area contributed by atoms with E-state index in [1.54, 1.807) is 12.1 Å². The lowest BCUT2D eigenvalue weighted by Gasteiger charge is -2.33. The van der Waals surface area contributed by atoms with Gasteiger partial charge in [-0.3, -0.25) is 24.1 Å². The number of imide groups is 1. The summed E-state index contributed by atoms with van der Waals surface area (Å²) in [4.78, 5) is 49.2. The van der Waals surface area contributed by atoms with Crippen LogP contribution in [-0.4, -0.2) is 59.5 Å². The van der Waals surface area contributed by atoms with Gasteiger partial charge in [-0.05, 0) is 18.6 Å². The molecule has 1 aromatic rings. The fourth-order valence-electron chi connectivity index (χ4n) is 3.06. The van der Waals surface area contributed by atoms with Gasteiger partial charge in [0.1, 0.15) is 6.23 Å². The predicted octanol–water partition coefficient (Wildman–Crippen LogP) is -0.962. The maximum Gasteiger partial charge on any atom is 0.264 e. The van der Waals surface area contributed by atoms with Crippen LogP contribution in [0.5, 0.6) is 0 Å². The molecule has 2 unspecified atom stereocenters. The lowest BCUT2D eigenvalue weighted by atomic mass is 10.0. The largest absolute Gasteiger partial charge is 0.375 e. The summed E-state index contributed by atoms with van der Waals surface area (Å²) >= 11 is 0. The van der Waals surface area contributed by atoms with E-state index in [-0.39, 0.29) is 42.3 Å². The number of amides is 4. The Morgan fingerprint density at radius 2 is 2.08 bits per heavy atom. The van der Waals surface area contributed by atoms with Crippen LogP contribution in [0.25, 0.3) is 0 Å². The Morgan fingerprint density at radius 3 is 2.76 bits per heavy atom. The first kappa shape index (κ1) is 16.9. The molecule has 25 heavy (non-hydrogen) atoms. The third-order valence-electron chi connectivity index (χ3n) is 4.34. The molecule has 0 saturated carbocycles. The Morgan fingerprint density at radius 1 is 1.32 bits per heavy atom. The zero-order valence-corrected chi connectivity index (χ0v) is 13.5. The summed E-state index contributed by atoms with van der Waals surface area (Å²) in [6.45, 7) is -0.0451. The van der Waals surface area contributed by atoms with Crippen LogP contribution < -0.4 is 16.0 Å². The monoisotopic (exact) mass is 346 g/mol. The third kappa shape index (κ3) is 2.93. The number of likely N-dealkylation sites (N-methyl/N-ethyl adjacent to an activating group) is 1. The molecule has 3 rings (SSSR count). The van der Waals surface area contributed by atoms with E-state index in [1.807, 2.05) is 0 Å². The highest BCUT2D eigenvalue weighted by atomic mass is 16.3. The summed E-state index contributed by atoms with van der Waals surface area (Å²) in [5.41, 5.74) is 0.743. The van der Waals surface area contributed by atoms with Crippen LogP contribution in [0.3, 0.4) is 0 Å². The predicted molar refractivity (Wildman–Crippen MR) is 86.7 cm³/mol. The number of hydrogen-bond acceptors (Lipinski definition) is 6. The van der Waals surface area contributed by atoms with Gasteiger partial charge < -0.3 is 21.1 Å². The van der Waals surface area contributed by atoms with Gasteiger partial charge in [0.2, 0.25) is 11.8 Å². The first-order valence-electron chi connectivity index (χ1n) is 7.87. The molecule has 1 fully saturated rings. The van der Waals surface area contributed by atoms with E-state index in [1.165, 1.54) is 13.1 Å². The van der Waals surface area contributed by atoms with Gasteiger partial charge in [-0.25, -0.2) is 0 Å². The second-order valence-corrected chi connectivity index (χ2v) is 5.85. The molecule has 9 nitrogen and oxygen atoms in total. The fourth-order valence-corrected chi connectivity index (χ4v) is 3.06. The second kappa shape index (κ2) is 6.52. The van der Waals surface area contributed by atoms with Crippen molar-refractivity contribution in [2.75, 3.05) is 18.9 Å². The van der Waals surface area contributed by atoms with Crippen LogP contribution in [0.15, 0.2) is 18.2 Å². The first-order chi connectivity index (χ1) is 11.9. The number of benzene rings is 1. The summed E-state index contributed by atoms with van der Waals surface area (Å²) < 4.78 is 0. The number of hydrogen-bond donors (Lipinski definition) is 4. The Bertz CT molecular complexity index is 763. The first-order valence-corrected chi connectivity index (χ1v) is 7.87. The van der Waals surface area contributed by atoms with E-state index in [9.17, 15) is 24.3 Å². The molecule has 1 aromatic carbocycles. The number of anilines is 1. The molecular formula is C16H18N4O5. The van der Waals surface area contributed by atoms with Gasteiger partial charge in [-0.1, -0.05) is 6.07 Å². The number of nitrogens with one attached hydrogen (secondary N) is 3. The molecule has 0 radical (unpaired) electrons. The molecule has 2 aliphatic rings. The van der Waals surface area contributed by atoms with Crippen molar-refractivity contribution in [3.63, 3.8) is 0 Å². The van der Waals surface area contributed by atoms with Gasteiger partial charge in [-0.2, -0.15) is 0 Å². The highest BCUT2D eigenvalue weighted by Crippen LogP contribution is 2.32. The summed E-state index contributed by atoms with van der Waals surface area (Å²) in [6, 6.07) is 3.92. The standard InChI is InChI=1S/C16H18N4O5/c1-17-12(22)7-18-9-4-2-3-8-13(9)16(25)20(15(8)24)10-5-6-11(21)19-14(10)23/h2-4,10,14,18,23H,5-7H2,1H3,(H,17,22)(H,19,21). The number of carbonyl (C=O) groups is 4. The lowest BCUT2D eigenvalue weighted by Crippen LogP contribution is -2.57. The summed E-state index contributed by atoms with van der Waals surface area (Å²) in [7, 11) is 1.49. The van der Waals surface area contributed by atoms with Crippen molar-refractivity contribution in [1.29, 1.82) is 0 Å². The van der Waals surface area contributed by atoms with Crippen molar-refractivity contribution < 1.29 is 24.3 Å². The van der Waals surface area contributed by atoms with Crippen molar-refractivity contribution in [2.45, 2.75) is 25.1 Å². The topological polar surface area (TPSA) is 128 Å². The smallest absolute Gasteiger partial charge is 0.264 e. The van der Waals surface area contributed by atoms with E-state index in [4.69, 9.17) is 0 Å². The van der Waals surface area contributed by atoms with Gasteiger partial charge in [-0.15, -0.1) is 0 Å². The van der Waals surface area contributed by atoms with Gasteiger partial charge in [0.05, 0.1) is 23.7 Å². The number of nitrogens with zero attached hydrogens (tertiary/aromatic N) is 1. The molecule has 0 aliphatic carbocycles. The van der Waals surface area contributed by atoms with E-state index in [0.29, 0.717) is 5.69 Å². The second-order valence-electron chi connectivity index (χ2n) is 5.85. The molecule has 2 atom stereocenters. The third-order valence-corrected chi connectivity index (χ3v) is 4.34. The molecule has 0 aromatic heterocycles. The Hall–Kier alpha value is -2.94. The molecule has 4 amide bonds. The summed E-state index contributed by atoms with van der Waals surface area (Å²) in [5.74, 6) is -1.67. The van der Waals surface area contributed by atoms with Crippen molar-refractivity contribution in [3.8, 4) is 0 Å². The van der Waals surface area contributed by atoms with Crippen LogP contribution >= 0.6 is 0 Å². The normalized spacial score (nSPS) is 22.5. The molecule has 0 bridgehead atoms. The van der Waals surface area contributed by atoms with E-state index in [2.05, 4.69) is 16.0 Å². The van der Waals surface area contributed by atoms with Gasteiger partial charge in [0, 0.05) is 19.2 Å². The fraction of sp³-hybridized carbons (Fsp3) is 0.375. The van der Waals surface area contributed by atoms with Crippen LogP contribution in [0.4, 0.5) is 5.69 Å². The molecule has 1 saturated heterocycles. The average molecular weight is 346 g/mol. The quantitative estimate of drug-likeness (QED) is 0.520. The van der Waals surface area contributed by atoms with Crippen LogP contribution in [0.1, 0.15) is 33.6 Å². The zero-order chi connectivity index (χ0) is 18.1. The van der Waals surface area contributed by atoms with Gasteiger partial charge in [0.15, 0.2) is 0 Å². The Kier molecular flexibility index (Phi) is 4.41. The molecule has 4 N–H and O–H groups in total. The van der Waals surface area contributed by atoms with Crippen molar-refractivity contribution in [2.24, 2.45) is 0 Å². The number of piperidine rings is 1. The minimum atomic E-state index is -1.30. The zero-order valence-electron chi connectivity index (χ0n) is 13.5. The van der Waals surface area contributed by atoms with Crippen molar-refractivity contribution in [1.82, 2.24) is 15.5 Å². The molecular weight excluding hydrogens is 328 g/mol. The van der Waals surface area contributed by atoms with E-state index < -0.39 is 24.1 Å². The lowest BCUT2D eigenvalue weighted by molar-refractivity contribution is -0.129. The van der Waals surface area contributed by atoms with Gasteiger partial charge in [0.25, 0.3) is 11.8 Å². The van der Waals surface area contributed by atoms with Crippen LogP contribution in [0, 0.1) is 0 Å². The maximum atomic E-state index is 12.8. The maximum absolute atomic E-state index is 12.8.